The van der Waals surface area contributed by atoms with Gasteiger partial charge in [0, 0.05) is 12.8 Å². The molecule has 0 aromatic heterocycles. The normalized spacial score (nSPS) is 17.6. The summed E-state index contributed by atoms with van der Waals surface area (Å²) in [6, 6.07) is 0. The van der Waals surface area contributed by atoms with E-state index in [0.29, 0.717) is 42.5 Å². The Morgan fingerprint density at radius 2 is 1.12 bits per heavy atom. The molecular weight excluding hydrogens is 741 g/mol. The molecule has 11 heteroatoms. The van der Waals surface area contributed by atoms with Gasteiger partial charge in [0.25, 0.3) is 7.82 Å². The minimum Gasteiger partial charge on any atom is -0.756 e. The molecule has 4 atom stereocenters. The van der Waals surface area contributed by atoms with E-state index in [4.69, 9.17) is 23.3 Å². The van der Waals surface area contributed by atoms with Gasteiger partial charge in [0.15, 0.2) is 6.10 Å². The average molecular weight is 824 g/mol. The topological polar surface area (TPSA) is 124 Å². The lowest BCUT2D eigenvalue weighted by Gasteiger charge is -2.28. The number of phosphoric ester groups is 1. The van der Waals surface area contributed by atoms with Gasteiger partial charge in [-0.05, 0) is 77.0 Å². The van der Waals surface area contributed by atoms with Crippen molar-refractivity contribution >= 4 is 19.8 Å². The summed E-state index contributed by atoms with van der Waals surface area (Å²) in [5, 5.41) is 0. The third-order valence-electron chi connectivity index (χ3n) is 9.72. The first-order valence-electron chi connectivity index (χ1n) is 22.5. The third-order valence-corrected chi connectivity index (χ3v) is 10.7. The second kappa shape index (κ2) is 34.8. The van der Waals surface area contributed by atoms with Crippen molar-refractivity contribution in [1.29, 1.82) is 0 Å². The maximum absolute atomic E-state index is 12.7. The molecule has 10 nitrogen and oxygen atoms in total. The van der Waals surface area contributed by atoms with Crippen molar-refractivity contribution in [3.8, 4) is 0 Å². The second-order valence-electron chi connectivity index (χ2n) is 16.4. The maximum atomic E-state index is 12.7. The van der Waals surface area contributed by atoms with Gasteiger partial charge in [-0.3, -0.25) is 14.2 Å². The Morgan fingerprint density at radius 3 is 1.77 bits per heavy atom. The SMILES string of the molecule is CCCCC/C=C\CC1OC1C/C=C\C/C=C\CCCC(=O)OC(COC(=O)CCCCCCC/C=C\CCCCCCCC)COP(=O)([O-])OCC[N+](C)(C)C. The van der Waals surface area contributed by atoms with E-state index >= 15 is 0 Å². The quantitative estimate of drug-likeness (QED) is 0.0149. The van der Waals surface area contributed by atoms with E-state index in [2.05, 4.69) is 56.4 Å². The molecule has 1 aliphatic heterocycles. The summed E-state index contributed by atoms with van der Waals surface area (Å²) < 4.78 is 39.6. The predicted octanol–water partition coefficient (Wildman–Crippen LogP) is 11.0. The fraction of sp³-hybridized carbons (Fsp3) is 0.783. The van der Waals surface area contributed by atoms with Crippen molar-refractivity contribution in [2.75, 3.05) is 47.5 Å². The molecule has 0 aromatic carbocycles. The summed E-state index contributed by atoms with van der Waals surface area (Å²) in [6.45, 7) is 4.10. The molecule has 0 spiro atoms. The predicted molar refractivity (Wildman–Crippen MR) is 231 cm³/mol. The molecule has 1 saturated heterocycles. The van der Waals surface area contributed by atoms with Gasteiger partial charge < -0.3 is 32.6 Å². The van der Waals surface area contributed by atoms with Crippen LogP contribution in [0.2, 0.25) is 0 Å². The van der Waals surface area contributed by atoms with E-state index in [1.165, 1.54) is 64.2 Å². The van der Waals surface area contributed by atoms with Gasteiger partial charge >= 0.3 is 11.9 Å². The number of unbranched alkanes of at least 4 members (excludes halogenated alkanes) is 15. The molecule has 0 amide bonds. The van der Waals surface area contributed by atoms with Gasteiger partial charge in [0.1, 0.15) is 19.8 Å². The van der Waals surface area contributed by atoms with Crippen LogP contribution in [0.15, 0.2) is 48.6 Å². The monoisotopic (exact) mass is 824 g/mol. The number of likely N-dealkylation sites (N-methyl/N-ethyl adjacent to an activating group) is 1. The smallest absolute Gasteiger partial charge is 0.306 e. The number of esters is 2. The molecule has 0 radical (unpaired) electrons. The van der Waals surface area contributed by atoms with E-state index in [9.17, 15) is 19.0 Å². The third kappa shape index (κ3) is 35.6. The van der Waals surface area contributed by atoms with Crippen LogP contribution in [-0.2, 0) is 37.4 Å². The van der Waals surface area contributed by atoms with Crippen molar-refractivity contribution in [2.45, 2.75) is 186 Å². The second-order valence-corrected chi connectivity index (χ2v) is 17.9. The summed E-state index contributed by atoms with van der Waals surface area (Å²) in [5.41, 5.74) is 0. The highest BCUT2D eigenvalue weighted by Gasteiger charge is 2.36. The molecule has 0 aromatic rings. The van der Waals surface area contributed by atoms with Gasteiger partial charge in [-0.25, -0.2) is 0 Å². The van der Waals surface area contributed by atoms with Gasteiger partial charge in [-0.15, -0.1) is 0 Å². The average Bonchev–Trinajstić information content (AvgIpc) is 3.92. The number of nitrogens with zero attached hydrogens (tertiary/aromatic N) is 1. The van der Waals surface area contributed by atoms with Crippen LogP contribution in [0, 0.1) is 0 Å². The summed E-state index contributed by atoms with van der Waals surface area (Å²) >= 11 is 0. The fourth-order valence-corrected chi connectivity index (χ4v) is 6.76. The summed E-state index contributed by atoms with van der Waals surface area (Å²) in [6.07, 6.45) is 41.7. The summed E-state index contributed by atoms with van der Waals surface area (Å²) in [5.74, 6) is -0.918. The first-order valence-corrected chi connectivity index (χ1v) is 23.9. The van der Waals surface area contributed by atoms with Crippen LogP contribution < -0.4 is 4.89 Å². The Bertz CT molecular complexity index is 1180. The van der Waals surface area contributed by atoms with Crippen molar-refractivity contribution in [1.82, 2.24) is 0 Å². The molecule has 4 unspecified atom stereocenters. The van der Waals surface area contributed by atoms with Crippen LogP contribution >= 0.6 is 7.82 Å². The lowest BCUT2D eigenvalue weighted by Crippen LogP contribution is -2.37. The van der Waals surface area contributed by atoms with Crippen LogP contribution in [-0.4, -0.2) is 82.2 Å². The number of rotatable bonds is 39. The first kappa shape index (κ1) is 52.9. The molecule has 0 N–H and O–H groups in total. The zero-order chi connectivity index (χ0) is 41.9. The largest absolute Gasteiger partial charge is 0.756 e. The molecule has 1 rings (SSSR count). The Balaban J connectivity index is 2.33. The zero-order valence-electron chi connectivity index (χ0n) is 36.7. The molecule has 0 aliphatic carbocycles. The molecule has 0 bridgehead atoms. The molecule has 1 fully saturated rings. The Morgan fingerprint density at radius 1 is 0.632 bits per heavy atom. The van der Waals surface area contributed by atoms with E-state index in [1.807, 2.05) is 27.2 Å². The standard InChI is InChI=1S/C46H82NO9P/c1-6-8-10-12-14-15-16-17-18-19-20-21-24-28-32-36-45(48)52-40-42(41-54-57(50,51)53-39-38-47(3,4)5)55-46(49)37-33-29-25-22-23-27-31-35-44-43(56-44)34-30-26-13-11-9-7-2/h17-18,22,25-27,30-31,42-44H,6-16,19-21,23-24,28-29,32-41H2,1-5H3/b18-17-,25-22-,30-26-,31-27-. The maximum Gasteiger partial charge on any atom is 0.306 e. The van der Waals surface area contributed by atoms with Crippen molar-refractivity contribution in [3.05, 3.63) is 48.6 Å². The van der Waals surface area contributed by atoms with Crippen LogP contribution in [0.5, 0.6) is 0 Å². The first-order chi connectivity index (χ1) is 27.5. The number of hydrogen-bond donors (Lipinski definition) is 0. The van der Waals surface area contributed by atoms with Gasteiger partial charge in [0.05, 0.1) is 40.0 Å². The minimum absolute atomic E-state index is 0.0461. The summed E-state index contributed by atoms with van der Waals surface area (Å²) in [4.78, 5) is 37.5. The molecule has 57 heavy (non-hydrogen) atoms. The number of epoxide rings is 1. The van der Waals surface area contributed by atoms with Crippen LogP contribution in [0.4, 0.5) is 0 Å². The number of carbonyl (C=O) groups excluding carboxylic acids is 2. The number of hydrogen-bond acceptors (Lipinski definition) is 9. The van der Waals surface area contributed by atoms with E-state index in [0.717, 1.165) is 57.8 Å². The number of phosphoric acid groups is 1. The number of allylic oxidation sites excluding steroid dienone is 6. The lowest BCUT2D eigenvalue weighted by molar-refractivity contribution is -0.870. The van der Waals surface area contributed by atoms with Crippen LogP contribution in [0.1, 0.15) is 168 Å². The zero-order valence-corrected chi connectivity index (χ0v) is 37.6. The number of quaternary nitrogens is 1. The van der Waals surface area contributed by atoms with Gasteiger partial charge in [0.2, 0.25) is 0 Å². The van der Waals surface area contributed by atoms with Gasteiger partial charge in [-0.2, -0.15) is 0 Å². The highest BCUT2D eigenvalue weighted by Crippen LogP contribution is 2.38. The fourth-order valence-electron chi connectivity index (χ4n) is 6.03. The highest BCUT2D eigenvalue weighted by molar-refractivity contribution is 7.45. The van der Waals surface area contributed by atoms with E-state index < -0.39 is 32.5 Å². The van der Waals surface area contributed by atoms with Crippen molar-refractivity contribution < 1.29 is 46.8 Å². The van der Waals surface area contributed by atoms with Crippen molar-refractivity contribution in [2.24, 2.45) is 0 Å². The van der Waals surface area contributed by atoms with E-state index in [1.54, 1.807) is 0 Å². The Labute approximate surface area is 348 Å². The minimum atomic E-state index is -4.65. The molecule has 0 saturated carbocycles. The number of carbonyl (C=O) groups is 2. The molecule has 1 aliphatic rings. The Hall–Kier alpha value is -2.07. The number of ether oxygens (including phenoxy) is 3. The highest BCUT2D eigenvalue weighted by atomic mass is 31.2. The van der Waals surface area contributed by atoms with E-state index in [-0.39, 0.29) is 26.1 Å². The summed E-state index contributed by atoms with van der Waals surface area (Å²) in [7, 11) is 1.11. The molecule has 1 heterocycles. The van der Waals surface area contributed by atoms with Gasteiger partial charge in [-0.1, -0.05) is 127 Å². The van der Waals surface area contributed by atoms with Crippen molar-refractivity contribution in [3.63, 3.8) is 0 Å². The van der Waals surface area contributed by atoms with Crippen LogP contribution in [0.3, 0.4) is 0 Å². The Kier molecular flexibility index (Phi) is 32.3. The molecule has 330 valence electrons. The molecular formula is C46H82NO9P. The lowest BCUT2D eigenvalue weighted by atomic mass is 10.1. The van der Waals surface area contributed by atoms with Crippen LogP contribution in [0.25, 0.3) is 0 Å².